The molecule has 0 N–H and O–H groups in total. The van der Waals surface area contributed by atoms with Gasteiger partial charge in [0.15, 0.2) is 6.10 Å². The van der Waals surface area contributed by atoms with Crippen LogP contribution in [0.25, 0.3) is 0 Å². The summed E-state index contributed by atoms with van der Waals surface area (Å²) in [6, 6.07) is 7.36. The van der Waals surface area contributed by atoms with Gasteiger partial charge in [0, 0.05) is 13.1 Å². The molecule has 0 radical (unpaired) electrons. The van der Waals surface area contributed by atoms with Gasteiger partial charge in [0.05, 0.1) is 11.6 Å². The van der Waals surface area contributed by atoms with E-state index in [0.717, 1.165) is 31.5 Å². The second-order valence-corrected chi connectivity index (χ2v) is 5.24. The van der Waals surface area contributed by atoms with Gasteiger partial charge in [-0.2, -0.15) is 5.26 Å². The van der Waals surface area contributed by atoms with E-state index in [0.29, 0.717) is 11.3 Å². The maximum atomic E-state index is 12.3. The van der Waals surface area contributed by atoms with Crippen LogP contribution in [-0.2, 0) is 4.79 Å². The molecular formula is C16H20N2O2. The lowest BCUT2D eigenvalue weighted by atomic mass is 10.1. The van der Waals surface area contributed by atoms with Crippen molar-refractivity contribution >= 4 is 5.91 Å². The van der Waals surface area contributed by atoms with Crippen molar-refractivity contribution in [1.29, 1.82) is 5.26 Å². The summed E-state index contributed by atoms with van der Waals surface area (Å²) in [5.74, 6) is 0.647. The third kappa shape index (κ3) is 3.30. The molecule has 0 bridgehead atoms. The van der Waals surface area contributed by atoms with Gasteiger partial charge >= 0.3 is 0 Å². The number of rotatable bonds is 3. The van der Waals surface area contributed by atoms with Crippen LogP contribution in [0.3, 0.4) is 0 Å². The van der Waals surface area contributed by atoms with E-state index in [1.54, 1.807) is 19.1 Å². The summed E-state index contributed by atoms with van der Waals surface area (Å²) in [6.07, 6.45) is 2.83. The van der Waals surface area contributed by atoms with E-state index in [1.165, 1.54) is 6.42 Å². The summed E-state index contributed by atoms with van der Waals surface area (Å²) in [6.45, 7) is 5.33. The van der Waals surface area contributed by atoms with Crippen LogP contribution in [0.2, 0.25) is 0 Å². The molecule has 1 unspecified atom stereocenters. The van der Waals surface area contributed by atoms with Crippen molar-refractivity contribution in [2.24, 2.45) is 0 Å². The Bertz CT molecular complexity index is 528. The van der Waals surface area contributed by atoms with Crippen LogP contribution >= 0.6 is 0 Å². The third-order valence-corrected chi connectivity index (χ3v) is 3.64. The van der Waals surface area contributed by atoms with Gasteiger partial charge in [-0.05, 0) is 50.8 Å². The lowest BCUT2D eigenvalue weighted by Gasteiger charge is -2.29. The minimum atomic E-state index is -0.513. The van der Waals surface area contributed by atoms with Gasteiger partial charge in [-0.15, -0.1) is 0 Å². The molecule has 0 saturated carbocycles. The molecule has 4 heteroatoms. The number of hydrogen-bond donors (Lipinski definition) is 0. The molecule has 1 aliphatic rings. The number of ether oxygens (including phenoxy) is 1. The molecule has 1 amide bonds. The van der Waals surface area contributed by atoms with Crippen molar-refractivity contribution in [3.8, 4) is 11.8 Å². The van der Waals surface area contributed by atoms with Crippen LogP contribution in [0.15, 0.2) is 18.2 Å². The van der Waals surface area contributed by atoms with Gasteiger partial charge < -0.3 is 9.64 Å². The largest absolute Gasteiger partial charge is 0.481 e. The first-order valence-corrected chi connectivity index (χ1v) is 7.08. The van der Waals surface area contributed by atoms with E-state index >= 15 is 0 Å². The summed E-state index contributed by atoms with van der Waals surface area (Å²) in [7, 11) is 0. The molecular weight excluding hydrogens is 252 g/mol. The molecule has 1 aromatic carbocycles. The Labute approximate surface area is 120 Å². The Kier molecular flexibility index (Phi) is 4.62. The summed E-state index contributed by atoms with van der Waals surface area (Å²) in [5.41, 5.74) is 1.48. The highest BCUT2D eigenvalue weighted by molar-refractivity contribution is 5.81. The number of amides is 1. The topological polar surface area (TPSA) is 53.3 Å². The van der Waals surface area contributed by atoms with E-state index in [1.807, 2.05) is 17.9 Å². The van der Waals surface area contributed by atoms with Crippen LogP contribution in [-0.4, -0.2) is 30.0 Å². The molecule has 0 spiro atoms. The number of nitriles is 1. The van der Waals surface area contributed by atoms with E-state index in [-0.39, 0.29) is 5.91 Å². The number of hydrogen-bond acceptors (Lipinski definition) is 3. The quantitative estimate of drug-likeness (QED) is 0.850. The van der Waals surface area contributed by atoms with Crippen molar-refractivity contribution < 1.29 is 9.53 Å². The number of piperidine rings is 1. The molecule has 20 heavy (non-hydrogen) atoms. The van der Waals surface area contributed by atoms with Crippen molar-refractivity contribution in [3.63, 3.8) is 0 Å². The number of likely N-dealkylation sites (tertiary alicyclic amines) is 1. The van der Waals surface area contributed by atoms with Gasteiger partial charge in [0.1, 0.15) is 5.75 Å². The van der Waals surface area contributed by atoms with Gasteiger partial charge in [0.2, 0.25) is 0 Å². The fourth-order valence-electron chi connectivity index (χ4n) is 2.41. The van der Waals surface area contributed by atoms with Crippen LogP contribution < -0.4 is 4.74 Å². The van der Waals surface area contributed by atoms with Crippen molar-refractivity contribution in [1.82, 2.24) is 4.90 Å². The fourth-order valence-corrected chi connectivity index (χ4v) is 2.41. The first-order valence-electron chi connectivity index (χ1n) is 7.08. The minimum absolute atomic E-state index is 0.0338. The SMILES string of the molecule is Cc1ccc(C#N)cc1OC(C)C(=O)N1CCCCC1. The number of aryl methyl sites for hydroxylation is 1. The number of nitrogens with zero attached hydrogens (tertiary/aromatic N) is 2. The lowest BCUT2D eigenvalue weighted by molar-refractivity contribution is -0.138. The zero-order valence-electron chi connectivity index (χ0n) is 12.1. The number of carbonyl (C=O) groups excluding carboxylic acids is 1. The van der Waals surface area contributed by atoms with Gasteiger partial charge in [-0.25, -0.2) is 0 Å². The zero-order valence-corrected chi connectivity index (χ0v) is 12.1. The third-order valence-electron chi connectivity index (χ3n) is 3.64. The van der Waals surface area contributed by atoms with Crippen LogP contribution in [0.4, 0.5) is 0 Å². The first-order chi connectivity index (χ1) is 9.61. The van der Waals surface area contributed by atoms with Crippen molar-refractivity contribution in [2.45, 2.75) is 39.2 Å². The second-order valence-electron chi connectivity index (χ2n) is 5.24. The van der Waals surface area contributed by atoms with Gasteiger partial charge in [0.25, 0.3) is 5.91 Å². The normalized spacial score (nSPS) is 16.4. The Morgan fingerprint density at radius 1 is 1.35 bits per heavy atom. The maximum absolute atomic E-state index is 12.3. The molecule has 1 fully saturated rings. The highest BCUT2D eigenvalue weighted by atomic mass is 16.5. The monoisotopic (exact) mass is 272 g/mol. The molecule has 1 aliphatic heterocycles. The molecule has 0 aromatic heterocycles. The number of carbonyl (C=O) groups is 1. The average molecular weight is 272 g/mol. The van der Waals surface area contributed by atoms with Crippen LogP contribution in [0.5, 0.6) is 5.75 Å². The molecule has 0 aliphatic carbocycles. The minimum Gasteiger partial charge on any atom is -0.481 e. The zero-order chi connectivity index (χ0) is 14.5. The highest BCUT2D eigenvalue weighted by Gasteiger charge is 2.23. The van der Waals surface area contributed by atoms with E-state index in [2.05, 4.69) is 6.07 Å². The fraction of sp³-hybridized carbons (Fsp3) is 0.500. The Morgan fingerprint density at radius 2 is 2.05 bits per heavy atom. The summed E-state index contributed by atoms with van der Waals surface area (Å²) in [4.78, 5) is 14.2. The predicted octanol–water partition coefficient (Wildman–Crippen LogP) is 2.65. The molecule has 4 nitrogen and oxygen atoms in total. The van der Waals surface area contributed by atoms with Gasteiger partial charge in [-0.3, -0.25) is 4.79 Å². The number of benzene rings is 1. The average Bonchev–Trinajstić information content (AvgIpc) is 2.49. The highest BCUT2D eigenvalue weighted by Crippen LogP contribution is 2.21. The van der Waals surface area contributed by atoms with Crippen molar-refractivity contribution in [3.05, 3.63) is 29.3 Å². The van der Waals surface area contributed by atoms with Crippen LogP contribution in [0, 0.1) is 18.3 Å². The molecule has 1 aromatic rings. The van der Waals surface area contributed by atoms with Gasteiger partial charge in [-0.1, -0.05) is 6.07 Å². The molecule has 1 heterocycles. The van der Waals surface area contributed by atoms with Crippen molar-refractivity contribution in [2.75, 3.05) is 13.1 Å². The molecule has 106 valence electrons. The molecule has 1 saturated heterocycles. The van der Waals surface area contributed by atoms with E-state index in [9.17, 15) is 4.79 Å². The van der Waals surface area contributed by atoms with E-state index in [4.69, 9.17) is 10.00 Å². The lowest BCUT2D eigenvalue weighted by Crippen LogP contribution is -2.43. The first kappa shape index (κ1) is 14.4. The summed E-state index contributed by atoms with van der Waals surface area (Å²) in [5, 5.41) is 8.92. The maximum Gasteiger partial charge on any atom is 0.263 e. The van der Waals surface area contributed by atoms with Crippen LogP contribution in [0.1, 0.15) is 37.3 Å². The predicted molar refractivity (Wildman–Crippen MR) is 76.4 cm³/mol. The Balaban J connectivity index is 2.05. The smallest absolute Gasteiger partial charge is 0.263 e. The molecule has 1 atom stereocenters. The second kappa shape index (κ2) is 6.42. The standard InChI is InChI=1S/C16H20N2O2/c1-12-6-7-14(11-17)10-15(12)20-13(2)16(19)18-8-4-3-5-9-18/h6-7,10,13H,3-5,8-9H2,1-2H3. The van der Waals surface area contributed by atoms with E-state index < -0.39 is 6.10 Å². The Hall–Kier alpha value is -2.02. The summed E-state index contributed by atoms with van der Waals surface area (Å²) >= 11 is 0. The Morgan fingerprint density at radius 3 is 2.70 bits per heavy atom. The molecule has 2 rings (SSSR count). The summed E-state index contributed by atoms with van der Waals surface area (Å²) < 4.78 is 5.76.